The molecular formula is C19H19N3O2. The second kappa shape index (κ2) is 6.28. The summed E-state index contributed by atoms with van der Waals surface area (Å²) in [6, 6.07) is 12.6. The lowest BCUT2D eigenvalue weighted by atomic mass is 10.0. The maximum atomic E-state index is 12.7. The molecule has 0 radical (unpaired) electrons. The van der Waals surface area contributed by atoms with Crippen molar-refractivity contribution in [2.45, 2.75) is 26.7 Å². The van der Waals surface area contributed by atoms with Gasteiger partial charge in [0, 0.05) is 23.2 Å². The number of aryl methyl sites for hydroxylation is 2. The standard InChI is InChI=1S/C19H19N3O2/c1-11-4-5-14(12(2)10-11)19(24)17-7-6-15(20-17)13(3)16-8-9-18(23)22-21-16/h4-10,13,20H,1-3H3,(H,22,23). The topological polar surface area (TPSA) is 78.6 Å². The first kappa shape index (κ1) is 15.9. The van der Waals surface area contributed by atoms with Gasteiger partial charge in [-0.1, -0.05) is 30.7 Å². The third-order valence-corrected chi connectivity index (χ3v) is 4.19. The average molecular weight is 321 g/mol. The highest BCUT2D eigenvalue weighted by atomic mass is 16.1. The van der Waals surface area contributed by atoms with Crippen LogP contribution in [0, 0.1) is 13.8 Å². The molecule has 0 aliphatic rings. The van der Waals surface area contributed by atoms with Gasteiger partial charge in [0.1, 0.15) is 0 Å². The van der Waals surface area contributed by atoms with E-state index in [0.717, 1.165) is 22.5 Å². The van der Waals surface area contributed by atoms with E-state index in [0.29, 0.717) is 11.3 Å². The minimum absolute atomic E-state index is 0.0274. The summed E-state index contributed by atoms with van der Waals surface area (Å²) in [5.41, 5.74) is 4.73. The van der Waals surface area contributed by atoms with Gasteiger partial charge in [-0.05, 0) is 37.6 Å². The molecule has 5 nitrogen and oxygen atoms in total. The lowest BCUT2D eigenvalue weighted by Crippen LogP contribution is -2.10. The highest BCUT2D eigenvalue weighted by molar-refractivity contribution is 6.08. The second-order valence-electron chi connectivity index (χ2n) is 6.04. The molecule has 3 rings (SSSR count). The summed E-state index contributed by atoms with van der Waals surface area (Å²) in [7, 11) is 0. The van der Waals surface area contributed by atoms with Crippen molar-refractivity contribution in [2.75, 3.05) is 0 Å². The van der Waals surface area contributed by atoms with E-state index in [1.54, 1.807) is 12.1 Å². The molecule has 0 spiro atoms. The molecule has 0 saturated heterocycles. The van der Waals surface area contributed by atoms with Crippen molar-refractivity contribution in [3.63, 3.8) is 0 Å². The average Bonchev–Trinajstić information content (AvgIpc) is 3.04. The monoisotopic (exact) mass is 321 g/mol. The third kappa shape index (κ3) is 3.06. The van der Waals surface area contributed by atoms with Crippen molar-refractivity contribution in [1.82, 2.24) is 15.2 Å². The minimum atomic E-state index is -0.233. The zero-order valence-corrected chi connectivity index (χ0v) is 13.9. The highest BCUT2D eigenvalue weighted by Crippen LogP contribution is 2.22. The Hall–Kier alpha value is -2.95. The Kier molecular flexibility index (Phi) is 4.16. The molecule has 1 unspecified atom stereocenters. The Balaban J connectivity index is 1.88. The van der Waals surface area contributed by atoms with Crippen molar-refractivity contribution in [3.8, 4) is 0 Å². The van der Waals surface area contributed by atoms with Gasteiger partial charge < -0.3 is 4.98 Å². The van der Waals surface area contributed by atoms with Gasteiger partial charge in [-0.15, -0.1) is 0 Å². The molecule has 2 aromatic heterocycles. The molecule has 1 atom stereocenters. The van der Waals surface area contributed by atoms with E-state index < -0.39 is 0 Å². The number of ketones is 1. The highest BCUT2D eigenvalue weighted by Gasteiger charge is 2.17. The lowest BCUT2D eigenvalue weighted by molar-refractivity contribution is 0.103. The molecule has 3 aromatic rings. The fourth-order valence-corrected chi connectivity index (χ4v) is 2.77. The van der Waals surface area contributed by atoms with Gasteiger partial charge >= 0.3 is 0 Å². The van der Waals surface area contributed by atoms with Gasteiger partial charge in [-0.3, -0.25) is 9.59 Å². The predicted molar refractivity (Wildman–Crippen MR) is 92.5 cm³/mol. The number of hydrogen-bond donors (Lipinski definition) is 2. The number of benzene rings is 1. The predicted octanol–water partition coefficient (Wildman–Crippen LogP) is 3.10. The molecule has 1 aromatic carbocycles. The Bertz CT molecular complexity index is 933. The number of nitrogens with one attached hydrogen (secondary N) is 2. The smallest absolute Gasteiger partial charge is 0.264 e. The number of rotatable bonds is 4. The number of aromatic amines is 2. The van der Waals surface area contributed by atoms with E-state index in [-0.39, 0.29) is 17.3 Å². The van der Waals surface area contributed by atoms with Gasteiger partial charge in [-0.25, -0.2) is 5.10 Å². The molecule has 0 saturated carbocycles. The van der Waals surface area contributed by atoms with Crippen molar-refractivity contribution in [1.29, 1.82) is 0 Å². The molecule has 2 heterocycles. The molecule has 0 aliphatic heterocycles. The van der Waals surface area contributed by atoms with Crippen molar-refractivity contribution in [3.05, 3.63) is 86.6 Å². The molecule has 0 fully saturated rings. The first-order valence-electron chi connectivity index (χ1n) is 7.82. The molecular weight excluding hydrogens is 302 g/mol. The normalized spacial score (nSPS) is 12.1. The summed E-state index contributed by atoms with van der Waals surface area (Å²) in [6.45, 7) is 5.92. The van der Waals surface area contributed by atoms with Crippen LogP contribution in [-0.4, -0.2) is 21.0 Å². The molecule has 24 heavy (non-hydrogen) atoms. The first-order valence-corrected chi connectivity index (χ1v) is 7.82. The van der Waals surface area contributed by atoms with Gasteiger partial charge in [-0.2, -0.15) is 5.10 Å². The van der Waals surface area contributed by atoms with Crippen LogP contribution in [0.3, 0.4) is 0 Å². The van der Waals surface area contributed by atoms with Crippen LogP contribution in [0.1, 0.15) is 51.4 Å². The van der Waals surface area contributed by atoms with Gasteiger partial charge in [0.05, 0.1) is 11.4 Å². The van der Waals surface area contributed by atoms with Crippen LogP contribution in [0.5, 0.6) is 0 Å². The summed E-state index contributed by atoms with van der Waals surface area (Å²) < 4.78 is 0. The van der Waals surface area contributed by atoms with Crippen LogP contribution in [0.4, 0.5) is 0 Å². The summed E-state index contributed by atoms with van der Waals surface area (Å²) >= 11 is 0. The summed E-state index contributed by atoms with van der Waals surface area (Å²) in [5.74, 6) is -0.0807. The summed E-state index contributed by atoms with van der Waals surface area (Å²) in [6.07, 6.45) is 0. The largest absolute Gasteiger partial charge is 0.355 e. The van der Waals surface area contributed by atoms with Crippen LogP contribution in [-0.2, 0) is 0 Å². The number of H-pyrrole nitrogens is 2. The quantitative estimate of drug-likeness (QED) is 0.725. The number of carbonyl (C=O) groups excluding carboxylic acids is 1. The van der Waals surface area contributed by atoms with Gasteiger partial charge in [0.25, 0.3) is 5.56 Å². The van der Waals surface area contributed by atoms with E-state index in [2.05, 4.69) is 15.2 Å². The number of aromatic nitrogens is 3. The van der Waals surface area contributed by atoms with Crippen LogP contribution in [0.25, 0.3) is 0 Å². The summed E-state index contributed by atoms with van der Waals surface area (Å²) in [5, 5.41) is 6.48. The molecule has 0 bridgehead atoms. The molecule has 0 amide bonds. The van der Waals surface area contributed by atoms with E-state index in [4.69, 9.17) is 0 Å². The minimum Gasteiger partial charge on any atom is -0.355 e. The summed E-state index contributed by atoms with van der Waals surface area (Å²) in [4.78, 5) is 27.0. The van der Waals surface area contributed by atoms with Crippen LogP contribution < -0.4 is 5.56 Å². The van der Waals surface area contributed by atoms with E-state index in [1.165, 1.54) is 6.07 Å². The van der Waals surface area contributed by atoms with E-state index in [9.17, 15) is 9.59 Å². The van der Waals surface area contributed by atoms with E-state index in [1.807, 2.05) is 45.0 Å². The maximum Gasteiger partial charge on any atom is 0.264 e. The lowest BCUT2D eigenvalue weighted by Gasteiger charge is -2.08. The SMILES string of the molecule is Cc1ccc(C(=O)c2ccc(C(C)c3ccc(=O)[nH]n3)[nH]2)c(C)c1. The number of nitrogens with zero attached hydrogens (tertiary/aromatic N) is 1. The molecule has 5 heteroatoms. The number of hydrogen-bond acceptors (Lipinski definition) is 3. The van der Waals surface area contributed by atoms with Crippen molar-refractivity contribution >= 4 is 5.78 Å². The Morgan fingerprint density at radius 1 is 1.08 bits per heavy atom. The zero-order chi connectivity index (χ0) is 17.3. The second-order valence-corrected chi connectivity index (χ2v) is 6.04. The third-order valence-electron chi connectivity index (χ3n) is 4.19. The Morgan fingerprint density at radius 2 is 1.88 bits per heavy atom. The van der Waals surface area contributed by atoms with Gasteiger partial charge in [0.15, 0.2) is 0 Å². The van der Waals surface area contributed by atoms with Crippen molar-refractivity contribution in [2.24, 2.45) is 0 Å². The van der Waals surface area contributed by atoms with Gasteiger partial charge in [0.2, 0.25) is 5.78 Å². The van der Waals surface area contributed by atoms with Crippen LogP contribution >= 0.6 is 0 Å². The maximum absolute atomic E-state index is 12.7. The van der Waals surface area contributed by atoms with Crippen LogP contribution in [0.15, 0.2) is 47.3 Å². The molecule has 122 valence electrons. The van der Waals surface area contributed by atoms with E-state index >= 15 is 0 Å². The van der Waals surface area contributed by atoms with Crippen LogP contribution in [0.2, 0.25) is 0 Å². The fourth-order valence-electron chi connectivity index (χ4n) is 2.77. The molecule has 2 N–H and O–H groups in total. The van der Waals surface area contributed by atoms with Crippen molar-refractivity contribution < 1.29 is 4.79 Å². The fraction of sp³-hybridized carbons (Fsp3) is 0.211. The number of carbonyl (C=O) groups is 1. The Labute approximate surface area is 139 Å². The first-order chi connectivity index (χ1) is 11.5. The Morgan fingerprint density at radius 3 is 2.54 bits per heavy atom. The zero-order valence-electron chi connectivity index (χ0n) is 13.9. The molecule has 0 aliphatic carbocycles.